The molecule has 0 fully saturated rings. The zero-order chi connectivity index (χ0) is 22.6. The summed E-state index contributed by atoms with van der Waals surface area (Å²) in [6.07, 6.45) is 4.11. The van der Waals surface area contributed by atoms with Gasteiger partial charge in [-0.15, -0.1) is 0 Å². The van der Waals surface area contributed by atoms with Crippen LogP contribution >= 0.6 is 11.6 Å². The number of carbonyl (C=O) groups excluding carboxylic acids is 2. The number of hydrogen-bond acceptors (Lipinski definition) is 4. The van der Waals surface area contributed by atoms with Crippen molar-refractivity contribution in [3.05, 3.63) is 64.0 Å². The van der Waals surface area contributed by atoms with E-state index in [9.17, 15) is 9.59 Å². The summed E-state index contributed by atoms with van der Waals surface area (Å²) in [6, 6.07) is 5.43. The normalized spacial score (nSPS) is 22.6. The van der Waals surface area contributed by atoms with Crippen LogP contribution in [0.5, 0.6) is 5.75 Å². The van der Waals surface area contributed by atoms with Crippen LogP contribution in [0.25, 0.3) is 0 Å². The molecule has 0 unspecified atom stereocenters. The molecule has 5 heteroatoms. The molecule has 1 aliphatic heterocycles. The molecule has 0 radical (unpaired) electrons. The molecule has 0 atom stereocenters. The van der Waals surface area contributed by atoms with Crippen LogP contribution in [0.2, 0.25) is 5.02 Å². The Kier molecular flexibility index (Phi) is 5.41. The highest BCUT2D eigenvalue weighted by atomic mass is 35.5. The van der Waals surface area contributed by atoms with Gasteiger partial charge in [0.15, 0.2) is 11.6 Å². The van der Waals surface area contributed by atoms with Crippen molar-refractivity contribution < 1.29 is 14.3 Å². The van der Waals surface area contributed by atoms with E-state index in [2.05, 4.69) is 39.6 Å². The topological polar surface area (TPSA) is 55.4 Å². The third kappa shape index (κ3) is 4.10. The number of dihydropyridines is 1. The number of rotatable bonds is 4. The van der Waals surface area contributed by atoms with Gasteiger partial charge in [-0.25, -0.2) is 0 Å². The number of ether oxygens (including phenoxy) is 1. The molecule has 2 aliphatic carbocycles. The first-order chi connectivity index (χ1) is 14.5. The van der Waals surface area contributed by atoms with Gasteiger partial charge in [-0.3, -0.25) is 9.59 Å². The molecular formula is C26H30ClNO3. The first-order valence-electron chi connectivity index (χ1n) is 10.8. The van der Waals surface area contributed by atoms with E-state index in [1.807, 2.05) is 12.1 Å². The number of Topliss-reactive ketones (excluding diaryl/α,β-unsaturated/α-hetero) is 2. The maximum absolute atomic E-state index is 13.4. The number of nitrogens with one attached hydrogen (secondary N) is 1. The summed E-state index contributed by atoms with van der Waals surface area (Å²) in [4.78, 5) is 26.8. The molecule has 31 heavy (non-hydrogen) atoms. The molecule has 4 rings (SSSR count). The average Bonchev–Trinajstić information content (AvgIpc) is 2.63. The molecule has 3 aliphatic rings. The van der Waals surface area contributed by atoms with Crippen molar-refractivity contribution in [2.24, 2.45) is 10.8 Å². The summed E-state index contributed by atoms with van der Waals surface area (Å²) in [5.74, 6) is 0.340. The number of allylic oxidation sites excluding steroid dienone is 4. The Bertz CT molecular complexity index is 993. The van der Waals surface area contributed by atoms with Crippen molar-refractivity contribution in [2.45, 2.75) is 59.3 Å². The molecule has 1 aromatic rings. The van der Waals surface area contributed by atoms with Crippen LogP contribution in [-0.2, 0) is 9.59 Å². The maximum atomic E-state index is 13.4. The number of hydrogen-bond donors (Lipinski definition) is 1. The molecular weight excluding hydrogens is 410 g/mol. The number of halogens is 1. The van der Waals surface area contributed by atoms with E-state index in [4.69, 9.17) is 16.3 Å². The van der Waals surface area contributed by atoms with Crippen LogP contribution in [0.4, 0.5) is 0 Å². The van der Waals surface area contributed by atoms with E-state index in [1.165, 1.54) is 0 Å². The largest absolute Gasteiger partial charge is 0.489 e. The molecule has 0 spiro atoms. The van der Waals surface area contributed by atoms with E-state index >= 15 is 0 Å². The van der Waals surface area contributed by atoms with Gasteiger partial charge in [-0.2, -0.15) is 0 Å². The van der Waals surface area contributed by atoms with Gasteiger partial charge in [0.2, 0.25) is 0 Å². The van der Waals surface area contributed by atoms with E-state index in [0.717, 1.165) is 29.8 Å². The first-order valence-corrected chi connectivity index (χ1v) is 11.2. The van der Waals surface area contributed by atoms with Gasteiger partial charge >= 0.3 is 0 Å². The van der Waals surface area contributed by atoms with Crippen molar-refractivity contribution >= 4 is 23.2 Å². The van der Waals surface area contributed by atoms with Crippen molar-refractivity contribution in [2.75, 3.05) is 6.61 Å². The highest BCUT2D eigenvalue weighted by Gasteiger charge is 2.47. The maximum Gasteiger partial charge on any atom is 0.162 e. The SMILES string of the molecule is C=CCOc1ccc(Cl)cc1C1C2=C(CC(C)(C)CC2=O)NC2=C1C(=O)CC(C)(C)C2. The van der Waals surface area contributed by atoms with Gasteiger partial charge in [0.25, 0.3) is 0 Å². The van der Waals surface area contributed by atoms with Crippen LogP contribution in [0.15, 0.2) is 53.4 Å². The minimum Gasteiger partial charge on any atom is -0.489 e. The first kappa shape index (κ1) is 21.9. The Morgan fingerprint density at radius 2 is 1.58 bits per heavy atom. The second kappa shape index (κ2) is 7.67. The molecule has 0 saturated carbocycles. The third-order valence-electron chi connectivity index (χ3n) is 6.36. The summed E-state index contributed by atoms with van der Waals surface area (Å²) < 4.78 is 5.94. The minimum absolute atomic E-state index is 0.0857. The number of carbonyl (C=O) groups is 2. The molecule has 0 saturated heterocycles. The predicted octanol–water partition coefficient (Wildman–Crippen LogP) is 5.88. The van der Waals surface area contributed by atoms with Crippen molar-refractivity contribution in [3.63, 3.8) is 0 Å². The second-order valence-corrected chi connectivity index (χ2v) is 10.9. The van der Waals surface area contributed by atoms with Gasteiger partial charge in [0, 0.05) is 51.9 Å². The summed E-state index contributed by atoms with van der Waals surface area (Å²) in [5.41, 5.74) is 3.77. The van der Waals surface area contributed by atoms with E-state index < -0.39 is 5.92 Å². The van der Waals surface area contributed by atoms with E-state index in [-0.39, 0.29) is 22.4 Å². The molecule has 0 bridgehead atoms. The van der Waals surface area contributed by atoms with Crippen molar-refractivity contribution in [3.8, 4) is 5.75 Å². The predicted molar refractivity (Wildman–Crippen MR) is 123 cm³/mol. The lowest BCUT2D eigenvalue weighted by molar-refractivity contribution is -0.119. The van der Waals surface area contributed by atoms with Crippen molar-refractivity contribution in [1.29, 1.82) is 0 Å². The zero-order valence-electron chi connectivity index (χ0n) is 18.7. The van der Waals surface area contributed by atoms with Crippen LogP contribution in [0.3, 0.4) is 0 Å². The molecule has 1 heterocycles. The quantitative estimate of drug-likeness (QED) is 0.595. The summed E-state index contributed by atoms with van der Waals surface area (Å²) >= 11 is 6.39. The third-order valence-corrected chi connectivity index (χ3v) is 6.59. The standard InChI is InChI=1S/C26H30ClNO3/c1-6-9-31-21-8-7-15(27)10-16(21)22-23-17(11-25(2,3)13-19(23)29)28-18-12-26(4,5)14-20(30)24(18)22/h6-8,10,22,28H,1,9,11-14H2,2-5H3. The Morgan fingerprint density at radius 3 is 2.10 bits per heavy atom. The van der Waals surface area contributed by atoms with Gasteiger partial charge in [0.1, 0.15) is 12.4 Å². The Morgan fingerprint density at radius 1 is 1.03 bits per heavy atom. The van der Waals surface area contributed by atoms with Gasteiger partial charge in [-0.05, 0) is 41.9 Å². The van der Waals surface area contributed by atoms with Crippen molar-refractivity contribution in [1.82, 2.24) is 5.32 Å². The van der Waals surface area contributed by atoms with Gasteiger partial charge in [0.05, 0.1) is 0 Å². The fraction of sp³-hybridized carbons (Fsp3) is 0.462. The lowest BCUT2D eigenvalue weighted by Gasteiger charge is -2.44. The monoisotopic (exact) mass is 439 g/mol. The number of ketones is 2. The summed E-state index contributed by atoms with van der Waals surface area (Å²) in [6.45, 7) is 12.5. The molecule has 4 nitrogen and oxygen atoms in total. The van der Waals surface area contributed by atoms with E-state index in [1.54, 1.807) is 12.1 Å². The second-order valence-electron chi connectivity index (χ2n) is 10.5. The van der Waals surface area contributed by atoms with Crippen LogP contribution in [0, 0.1) is 10.8 Å². The molecule has 0 amide bonds. The highest BCUT2D eigenvalue weighted by molar-refractivity contribution is 6.30. The smallest absolute Gasteiger partial charge is 0.162 e. The molecule has 1 N–H and O–H groups in total. The lowest BCUT2D eigenvalue weighted by atomic mass is 9.64. The van der Waals surface area contributed by atoms with Gasteiger partial charge < -0.3 is 10.1 Å². The molecule has 1 aromatic carbocycles. The Balaban J connectivity index is 1.95. The fourth-order valence-corrected chi connectivity index (χ4v) is 5.41. The average molecular weight is 440 g/mol. The van der Waals surface area contributed by atoms with Crippen LogP contribution in [0.1, 0.15) is 64.9 Å². The highest BCUT2D eigenvalue weighted by Crippen LogP contribution is 2.52. The summed E-state index contributed by atoms with van der Waals surface area (Å²) in [5, 5.41) is 4.09. The van der Waals surface area contributed by atoms with Gasteiger partial charge in [-0.1, -0.05) is 52.0 Å². The van der Waals surface area contributed by atoms with Crippen LogP contribution in [-0.4, -0.2) is 18.2 Å². The summed E-state index contributed by atoms with van der Waals surface area (Å²) in [7, 11) is 0. The zero-order valence-corrected chi connectivity index (χ0v) is 19.5. The Labute approximate surface area is 189 Å². The molecule has 164 valence electrons. The number of benzene rings is 1. The molecule has 0 aromatic heterocycles. The van der Waals surface area contributed by atoms with E-state index in [0.29, 0.717) is 41.4 Å². The minimum atomic E-state index is -0.461. The fourth-order valence-electron chi connectivity index (χ4n) is 5.22. The lowest BCUT2D eigenvalue weighted by Crippen LogP contribution is -2.42. The van der Waals surface area contributed by atoms with Crippen LogP contribution < -0.4 is 10.1 Å². The Hall–Kier alpha value is -2.33.